The van der Waals surface area contributed by atoms with Gasteiger partial charge in [-0.05, 0) is 55.7 Å². The average Bonchev–Trinajstić information content (AvgIpc) is 3.09. The quantitative estimate of drug-likeness (QED) is 0.640. The number of aryl methyl sites for hydroxylation is 1. The SMILES string of the molecule is Cc1ccc2nc(NS(=O)(=O)c3cccc(S(=O)(=O)N4CCCCC4)c3)sc2c1. The topological polar surface area (TPSA) is 96.4 Å². The van der Waals surface area contributed by atoms with Gasteiger partial charge >= 0.3 is 0 Å². The van der Waals surface area contributed by atoms with Crippen LogP contribution < -0.4 is 4.72 Å². The molecule has 7 nitrogen and oxygen atoms in total. The first-order chi connectivity index (χ1) is 13.8. The van der Waals surface area contributed by atoms with Crippen molar-refractivity contribution in [3.8, 4) is 0 Å². The highest BCUT2D eigenvalue weighted by Gasteiger charge is 2.27. The molecular weight excluding hydrogens is 430 g/mol. The van der Waals surface area contributed by atoms with Gasteiger partial charge < -0.3 is 0 Å². The highest BCUT2D eigenvalue weighted by atomic mass is 32.2. The van der Waals surface area contributed by atoms with E-state index in [-0.39, 0.29) is 14.9 Å². The van der Waals surface area contributed by atoms with E-state index < -0.39 is 20.0 Å². The standard InChI is InChI=1S/C19H21N3O4S3/c1-14-8-9-17-18(12-14)27-19(20-17)21-28(23,24)15-6-5-7-16(13-15)29(25,26)22-10-3-2-4-11-22/h5-9,12-13H,2-4,10-11H2,1H3,(H,20,21). The number of piperidine rings is 1. The summed E-state index contributed by atoms with van der Waals surface area (Å²) in [7, 11) is -7.68. The summed E-state index contributed by atoms with van der Waals surface area (Å²) in [6, 6.07) is 11.2. The number of nitrogens with zero attached hydrogens (tertiary/aromatic N) is 2. The fourth-order valence-corrected chi connectivity index (χ4v) is 7.19. The van der Waals surface area contributed by atoms with E-state index in [0.717, 1.165) is 29.5 Å². The van der Waals surface area contributed by atoms with E-state index in [1.807, 2.05) is 25.1 Å². The molecule has 10 heteroatoms. The first kappa shape index (κ1) is 20.3. The maximum absolute atomic E-state index is 12.9. The smallest absolute Gasteiger partial charge is 0.255 e. The van der Waals surface area contributed by atoms with Crippen molar-refractivity contribution in [2.24, 2.45) is 0 Å². The lowest BCUT2D eigenvalue weighted by Crippen LogP contribution is -2.35. The molecule has 2 heterocycles. The highest BCUT2D eigenvalue weighted by Crippen LogP contribution is 2.29. The normalized spacial score (nSPS) is 16.2. The molecule has 0 bridgehead atoms. The van der Waals surface area contributed by atoms with Crippen LogP contribution in [-0.2, 0) is 20.0 Å². The number of hydrogen-bond donors (Lipinski definition) is 1. The Morgan fingerprint density at radius 2 is 1.69 bits per heavy atom. The summed E-state index contributed by atoms with van der Waals surface area (Å²) >= 11 is 1.24. The van der Waals surface area contributed by atoms with E-state index in [9.17, 15) is 16.8 Å². The van der Waals surface area contributed by atoms with Crippen LogP contribution in [0.15, 0.2) is 52.3 Å². The Morgan fingerprint density at radius 3 is 2.45 bits per heavy atom. The zero-order valence-corrected chi connectivity index (χ0v) is 18.3. The fraction of sp³-hybridized carbons (Fsp3) is 0.316. The van der Waals surface area contributed by atoms with Crippen LogP contribution in [0, 0.1) is 6.92 Å². The lowest BCUT2D eigenvalue weighted by Gasteiger charge is -2.26. The number of aromatic nitrogens is 1. The van der Waals surface area contributed by atoms with Gasteiger partial charge in [0.25, 0.3) is 10.0 Å². The zero-order chi connectivity index (χ0) is 20.6. The van der Waals surface area contributed by atoms with Gasteiger partial charge in [-0.3, -0.25) is 4.72 Å². The molecule has 0 saturated carbocycles. The first-order valence-corrected chi connectivity index (χ1v) is 13.0. The summed E-state index contributed by atoms with van der Waals surface area (Å²) in [5, 5.41) is 0.245. The Balaban J connectivity index is 1.63. The van der Waals surface area contributed by atoms with Crippen LogP contribution in [0.2, 0.25) is 0 Å². The van der Waals surface area contributed by atoms with Crippen LogP contribution in [0.3, 0.4) is 0 Å². The number of anilines is 1. The zero-order valence-electron chi connectivity index (χ0n) is 15.8. The highest BCUT2D eigenvalue weighted by molar-refractivity contribution is 7.93. The monoisotopic (exact) mass is 451 g/mol. The van der Waals surface area contributed by atoms with Gasteiger partial charge in [0.2, 0.25) is 10.0 Å². The number of nitrogens with one attached hydrogen (secondary N) is 1. The third-order valence-corrected chi connectivity index (χ3v) is 9.13. The Morgan fingerprint density at radius 1 is 0.966 bits per heavy atom. The van der Waals surface area contributed by atoms with Gasteiger partial charge in [0.15, 0.2) is 5.13 Å². The number of benzene rings is 2. The van der Waals surface area contributed by atoms with E-state index in [2.05, 4.69) is 9.71 Å². The van der Waals surface area contributed by atoms with Gasteiger partial charge in [-0.2, -0.15) is 4.31 Å². The van der Waals surface area contributed by atoms with Crippen molar-refractivity contribution < 1.29 is 16.8 Å². The molecule has 0 radical (unpaired) electrons. The first-order valence-electron chi connectivity index (χ1n) is 9.26. The van der Waals surface area contributed by atoms with Crippen molar-refractivity contribution in [2.75, 3.05) is 17.8 Å². The maximum atomic E-state index is 12.9. The molecule has 1 aromatic heterocycles. The van der Waals surface area contributed by atoms with E-state index in [4.69, 9.17) is 0 Å². The Kier molecular flexibility index (Phi) is 5.36. The van der Waals surface area contributed by atoms with Crippen molar-refractivity contribution in [3.05, 3.63) is 48.0 Å². The molecule has 0 spiro atoms. The largest absolute Gasteiger partial charge is 0.263 e. The van der Waals surface area contributed by atoms with Crippen molar-refractivity contribution >= 4 is 46.7 Å². The van der Waals surface area contributed by atoms with Gasteiger partial charge in [-0.25, -0.2) is 21.8 Å². The molecule has 1 N–H and O–H groups in total. The van der Waals surface area contributed by atoms with Crippen molar-refractivity contribution in [3.63, 3.8) is 0 Å². The van der Waals surface area contributed by atoms with E-state index in [1.54, 1.807) is 0 Å². The van der Waals surface area contributed by atoms with E-state index in [1.165, 1.54) is 39.9 Å². The lowest BCUT2D eigenvalue weighted by molar-refractivity contribution is 0.346. The summed E-state index contributed by atoms with van der Waals surface area (Å²) < 4.78 is 56.2. The summed E-state index contributed by atoms with van der Waals surface area (Å²) in [6.07, 6.45) is 2.64. The van der Waals surface area contributed by atoms with Gasteiger partial charge in [0.05, 0.1) is 20.0 Å². The third-order valence-electron chi connectivity index (χ3n) is 4.83. The van der Waals surface area contributed by atoms with E-state index >= 15 is 0 Å². The minimum absolute atomic E-state index is 0.0119. The molecule has 154 valence electrons. The van der Waals surface area contributed by atoms with Crippen LogP contribution in [0.25, 0.3) is 10.2 Å². The number of thiazole rings is 1. The molecule has 1 aliphatic heterocycles. The van der Waals surface area contributed by atoms with Gasteiger partial charge in [-0.15, -0.1) is 0 Å². The second-order valence-corrected chi connectivity index (χ2v) is 11.7. The molecule has 2 aromatic carbocycles. The number of hydrogen-bond acceptors (Lipinski definition) is 6. The van der Waals surface area contributed by atoms with Crippen molar-refractivity contribution in [1.29, 1.82) is 0 Å². The van der Waals surface area contributed by atoms with Crippen molar-refractivity contribution in [2.45, 2.75) is 36.0 Å². The molecule has 3 aromatic rings. The molecule has 1 fully saturated rings. The van der Waals surface area contributed by atoms with Crippen LogP contribution in [0.1, 0.15) is 24.8 Å². The van der Waals surface area contributed by atoms with Gasteiger partial charge in [0.1, 0.15) is 0 Å². The molecule has 0 aliphatic carbocycles. The molecule has 0 amide bonds. The molecule has 4 rings (SSSR count). The third kappa shape index (κ3) is 4.16. The van der Waals surface area contributed by atoms with Gasteiger partial charge in [-0.1, -0.05) is 29.9 Å². The predicted molar refractivity (Wildman–Crippen MR) is 114 cm³/mol. The second-order valence-electron chi connectivity index (χ2n) is 7.04. The number of sulfonamides is 2. The Bertz CT molecular complexity index is 1260. The molecular formula is C19H21N3O4S3. The minimum Gasteiger partial charge on any atom is -0.255 e. The fourth-order valence-electron chi connectivity index (χ4n) is 3.31. The van der Waals surface area contributed by atoms with Crippen LogP contribution in [0.5, 0.6) is 0 Å². The Hall–Kier alpha value is -2.01. The summed E-state index contributed by atoms with van der Waals surface area (Å²) in [5.41, 5.74) is 1.77. The van der Waals surface area contributed by atoms with Crippen LogP contribution >= 0.6 is 11.3 Å². The second kappa shape index (κ2) is 7.67. The van der Waals surface area contributed by atoms with E-state index in [0.29, 0.717) is 18.6 Å². The molecule has 1 saturated heterocycles. The predicted octanol–water partition coefficient (Wildman–Crippen LogP) is 3.58. The summed E-state index contributed by atoms with van der Waals surface area (Å²) in [6.45, 7) is 2.88. The molecule has 0 unspecified atom stereocenters. The maximum Gasteiger partial charge on any atom is 0.263 e. The average molecular weight is 452 g/mol. The number of fused-ring (bicyclic) bond motifs is 1. The summed E-state index contributed by atoms with van der Waals surface area (Å²) in [5.74, 6) is 0. The summed E-state index contributed by atoms with van der Waals surface area (Å²) in [4.78, 5) is 4.19. The molecule has 0 atom stereocenters. The Labute approximate surface area is 174 Å². The lowest BCUT2D eigenvalue weighted by atomic mass is 10.2. The molecule has 29 heavy (non-hydrogen) atoms. The van der Waals surface area contributed by atoms with Crippen LogP contribution in [-0.4, -0.2) is 39.2 Å². The molecule has 1 aliphatic rings. The van der Waals surface area contributed by atoms with Crippen LogP contribution in [0.4, 0.5) is 5.13 Å². The van der Waals surface area contributed by atoms with Crippen molar-refractivity contribution in [1.82, 2.24) is 9.29 Å². The number of rotatable bonds is 5. The minimum atomic E-state index is -3.97. The van der Waals surface area contributed by atoms with Gasteiger partial charge in [0, 0.05) is 13.1 Å².